The lowest BCUT2D eigenvalue weighted by atomic mass is 9.99. The standard InChI is InChI=1S/C12H12BrN3S/c13-7-3-2-6-15-10(7)12-16-11-8(14)4-1-5-9(11)17-12/h2-3,6,8H,1,4-5,14H2. The number of fused-ring (bicyclic) bond motifs is 1. The Balaban J connectivity index is 2.08. The van der Waals surface area contributed by atoms with E-state index in [9.17, 15) is 0 Å². The number of aryl methyl sites for hydroxylation is 1. The summed E-state index contributed by atoms with van der Waals surface area (Å²) in [5.41, 5.74) is 8.08. The van der Waals surface area contributed by atoms with Crippen LogP contribution in [0.2, 0.25) is 0 Å². The second-order valence-corrected chi connectivity index (χ2v) is 6.10. The fraction of sp³-hybridized carbons (Fsp3) is 0.333. The molecule has 0 aromatic carbocycles. The van der Waals surface area contributed by atoms with Gasteiger partial charge in [0.2, 0.25) is 0 Å². The van der Waals surface area contributed by atoms with Gasteiger partial charge in [-0.15, -0.1) is 11.3 Å². The van der Waals surface area contributed by atoms with E-state index in [1.165, 1.54) is 11.3 Å². The molecule has 2 N–H and O–H groups in total. The van der Waals surface area contributed by atoms with Crippen molar-refractivity contribution >= 4 is 27.3 Å². The third-order valence-corrected chi connectivity index (χ3v) is 4.74. The highest BCUT2D eigenvalue weighted by Gasteiger charge is 2.23. The minimum atomic E-state index is 0.103. The van der Waals surface area contributed by atoms with E-state index in [-0.39, 0.29) is 6.04 Å². The van der Waals surface area contributed by atoms with Crippen LogP contribution >= 0.6 is 27.3 Å². The molecule has 1 unspecified atom stereocenters. The fourth-order valence-electron chi connectivity index (χ4n) is 2.10. The second-order valence-electron chi connectivity index (χ2n) is 4.16. The van der Waals surface area contributed by atoms with Gasteiger partial charge in [0.1, 0.15) is 10.7 Å². The molecule has 3 rings (SSSR count). The van der Waals surface area contributed by atoms with Gasteiger partial charge in [-0.25, -0.2) is 4.98 Å². The minimum Gasteiger partial charge on any atom is -0.323 e. The Morgan fingerprint density at radius 3 is 3.12 bits per heavy atom. The van der Waals surface area contributed by atoms with Gasteiger partial charge < -0.3 is 5.73 Å². The topological polar surface area (TPSA) is 51.8 Å². The predicted molar refractivity (Wildman–Crippen MR) is 72.9 cm³/mol. The molecule has 2 heterocycles. The van der Waals surface area contributed by atoms with E-state index in [4.69, 9.17) is 5.73 Å². The van der Waals surface area contributed by atoms with E-state index in [1.54, 1.807) is 17.5 Å². The van der Waals surface area contributed by atoms with Crippen LogP contribution in [0.5, 0.6) is 0 Å². The Kier molecular flexibility index (Phi) is 2.98. The zero-order valence-electron chi connectivity index (χ0n) is 9.19. The molecule has 0 amide bonds. The maximum Gasteiger partial charge on any atom is 0.143 e. The molecule has 1 aliphatic carbocycles. The van der Waals surface area contributed by atoms with E-state index in [0.29, 0.717) is 0 Å². The van der Waals surface area contributed by atoms with E-state index in [1.807, 2.05) is 12.1 Å². The van der Waals surface area contributed by atoms with Crippen molar-refractivity contribution in [3.63, 3.8) is 0 Å². The first-order valence-corrected chi connectivity index (χ1v) is 7.22. The van der Waals surface area contributed by atoms with Crippen molar-refractivity contribution < 1.29 is 0 Å². The lowest BCUT2D eigenvalue weighted by Gasteiger charge is -2.15. The first-order chi connectivity index (χ1) is 8.25. The maximum absolute atomic E-state index is 6.09. The lowest BCUT2D eigenvalue weighted by Crippen LogP contribution is -2.16. The van der Waals surface area contributed by atoms with Crippen molar-refractivity contribution in [3.8, 4) is 10.7 Å². The van der Waals surface area contributed by atoms with Gasteiger partial charge in [0.05, 0.1) is 5.69 Å². The molecular weight excluding hydrogens is 298 g/mol. The van der Waals surface area contributed by atoms with Crippen LogP contribution in [0, 0.1) is 0 Å². The molecule has 0 bridgehead atoms. The lowest BCUT2D eigenvalue weighted by molar-refractivity contribution is 0.564. The van der Waals surface area contributed by atoms with Gasteiger partial charge >= 0.3 is 0 Å². The maximum atomic E-state index is 6.09. The van der Waals surface area contributed by atoms with Crippen molar-refractivity contribution in [2.45, 2.75) is 25.3 Å². The van der Waals surface area contributed by atoms with Gasteiger partial charge in [-0.1, -0.05) is 0 Å². The summed E-state index contributed by atoms with van der Waals surface area (Å²) in [7, 11) is 0. The fourth-order valence-corrected chi connectivity index (χ4v) is 3.85. The van der Waals surface area contributed by atoms with Gasteiger partial charge in [0, 0.05) is 21.6 Å². The Bertz CT molecular complexity index is 552. The zero-order chi connectivity index (χ0) is 11.8. The molecule has 0 fully saturated rings. The highest BCUT2D eigenvalue weighted by Crippen LogP contribution is 2.37. The molecule has 88 valence electrons. The van der Waals surface area contributed by atoms with Crippen molar-refractivity contribution in [1.82, 2.24) is 9.97 Å². The van der Waals surface area contributed by atoms with Crippen LogP contribution in [-0.2, 0) is 6.42 Å². The number of hydrogen-bond acceptors (Lipinski definition) is 4. The summed E-state index contributed by atoms with van der Waals surface area (Å²) in [6.07, 6.45) is 5.10. The van der Waals surface area contributed by atoms with Crippen molar-refractivity contribution in [3.05, 3.63) is 33.4 Å². The number of nitrogens with two attached hydrogens (primary N) is 1. The number of rotatable bonds is 1. The molecule has 5 heteroatoms. The summed E-state index contributed by atoms with van der Waals surface area (Å²) < 4.78 is 0.986. The van der Waals surface area contributed by atoms with Crippen LogP contribution in [0.1, 0.15) is 29.5 Å². The molecule has 0 spiro atoms. The average Bonchev–Trinajstić information content (AvgIpc) is 2.75. The molecule has 2 aromatic heterocycles. The number of nitrogens with zero attached hydrogens (tertiary/aromatic N) is 2. The first kappa shape index (κ1) is 11.3. The number of thiazole rings is 1. The SMILES string of the molecule is NC1CCCc2sc(-c3ncccc3Br)nc21. The van der Waals surface area contributed by atoms with Crippen molar-refractivity contribution in [2.75, 3.05) is 0 Å². The Morgan fingerprint density at radius 1 is 1.47 bits per heavy atom. The summed E-state index contributed by atoms with van der Waals surface area (Å²) >= 11 is 5.24. The summed E-state index contributed by atoms with van der Waals surface area (Å²) in [6.45, 7) is 0. The average molecular weight is 310 g/mol. The van der Waals surface area contributed by atoms with Gasteiger partial charge in [-0.2, -0.15) is 0 Å². The van der Waals surface area contributed by atoms with Crippen LogP contribution in [0.25, 0.3) is 10.7 Å². The molecule has 0 saturated heterocycles. The smallest absolute Gasteiger partial charge is 0.143 e. The summed E-state index contributed by atoms with van der Waals surface area (Å²) in [6, 6.07) is 4.00. The molecule has 1 atom stereocenters. The van der Waals surface area contributed by atoms with Gasteiger partial charge in [0.15, 0.2) is 0 Å². The minimum absolute atomic E-state index is 0.103. The first-order valence-electron chi connectivity index (χ1n) is 5.62. The Hall–Kier alpha value is -0.780. The van der Waals surface area contributed by atoms with Gasteiger partial charge in [0.25, 0.3) is 0 Å². The van der Waals surface area contributed by atoms with Crippen LogP contribution < -0.4 is 5.73 Å². The third-order valence-electron chi connectivity index (χ3n) is 2.96. The number of hydrogen-bond donors (Lipinski definition) is 1. The third kappa shape index (κ3) is 2.03. The molecule has 0 saturated carbocycles. The molecule has 2 aromatic rings. The molecule has 17 heavy (non-hydrogen) atoms. The highest BCUT2D eigenvalue weighted by molar-refractivity contribution is 9.10. The Labute approximate surface area is 112 Å². The van der Waals surface area contributed by atoms with Gasteiger partial charge in [-0.05, 0) is 47.3 Å². The monoisotopic (exact) mass is 309 g/mol. The number of pyridine rings is 1. The molecular formula is C12H12BrN3S. The normalized spacial score (nSPS) is 19.1. The van der Waals surface area contributed by atoms with Crippen LogP contribution in [0.3, 0.4) is 0 Å². The molecule has 0 radical (unpaired) electrons. The highest BCUT2D eigenvalue weighted by atomic mass is 79.9. The van der Waals surface area contributed by atoms with E-state index in [0.717, 1.165) is 33.7 Å². The molecule has 1 aliphatic rings. The largest absolute Gasteiger partial charge is 0.323 e. The van der Waals surface area contributed by atoms with Crippen LogP contribution in [-0.4, -0.2) is 9.97 Å². The van der Waals surface area contributed by atoms with E-state index < -0.39 is 0 Å². The number of aromatic nitrogens is 2. The van der Waals surface area contributed by atoms with Gasteiger partial charge in [-0.3, -0.25) is 4.98 Å². The van der Waals surface area contributed by atoms with Crippen LogP contribution in [0.4, 0.5) is 0 Å². The van der Waals surface area contributed by atoms with Crippen molar-refractivity contribution in [1.29, 1.82) is 0 Å². The second kappa shape index (κ2) is 4.48. The van der Waals surface area contributed by atoms with E-state index >= 15 is 0 Å². The molecule has 3 nitrogen and oxygen atoms in total. The van der Waals surface area contributed by atoms with Crippen molar-refractivity contribution in [2.24, 2.45) is 5.73 Å². The number of halogens is 1. The Morgan fingerprint density at radius 2 is 2.35 bits per heavy atom. The zero-order valence-corrected chi connectivity index (χ0v) is 11.6. The van der Waals surface area contributed by atoms with Crippen LogP contribution in [0.15, 0.2) is 22.8 Å². The molecule has 0 aliphatic heterocycles. The quantitative estimate of drug-likeness (QED) is 0.879. The summed E-state index contributed by atoms with van der Waals surface area (Å²) in [4.78, 5) is 10.4. The summed E-state index contributed by atoms with van der Waals surface area (Å²) in [5, 5.41) is 0.972. The summed E-state index contributed by atoms with van der Waals surface area (Å²) in [5.74, 6) is 0. The predicted octanol–water partition coefficient (Wildman–Crippen LogP) is 3.30. The van der Waals surface area contributed by atoms with E-state index in [2.05, 4.69) is 25.9 Å².